The van der Waals surface area contributed by atoms with Crippen molar-refractivity contribution in [2.75, 3.05) is 20.2 Å². The molecule has 0 saturated carbocycles. The summed E-state index contributed by atoms with van der Waals surface area (Å²) in [5.74, 6) is 0. The summed E-state index contributed by atoms with van der Waals surface area (Å²) >= 11 is 0. The van der Waals surface area contributed by atoms with Gasteiger partial charge in [0.2, 0.25) is 10.0 Å². The summed E-state index contributed by atoms with van der Waals surface area (Å²) in [6, 6.07) is 18.3. The minimum absolute atomic E-state index is 0.117. The van der Waals surface area contributed by atoms with Crippen molar-refractivity contribution in [2.45, 2.75) is 4.90 Å². The maximum atomic E-state index is 12.9. The number of nitriles is 4. The normalized spacial score (nSPS) is 10.8. The van der Waals surface area contributed by atoms with Crippen LogP contribution in [0, 0.1) is 45.3 Å². The van der Waals surface area contributed by atoms with Crippen molar-refractivity contribution < 1.29 is 13.5 Å². The van der Waals surface area contributed by atoms with E-state index in [1.807, 2.05) is 24.3 Å². The molecule has 0 unspecified atom stereocenters. The van der Waals surface area contributed by atoms with Crippen molar-refractivity contribution in [1.82, 2.24) is 4.31 Å². The number of likely N-dealkylation sites (N-methyl/N-ethyl adjacent to an activating group) is 1. The Morgan fingerprint density at radius 2 is 1.31 bits per heavy atom. The summed E-state index contributed by atoms with van der Waals surface area (Å²) in [6.07, 6.45) is 0. The SMILES string of the molecule is CN(CCO)S(=O)(=O)c1ccc2c(=C(C#N)C#N)c3ccccc3c(=C(C#N)C#N)c2c1. The Morgan fingerprint density at radius 1 is 0.844 bits per heavy atom. The molecule has 1 N–H and O–H groups in total. The second-order valence-corrected chi connectivity index (χ2v) is 8.80. The van der Waals surface area contributed by atoms with Gasteiger partial charge >= 0.3 is 0 Å². The molecule has 0 radical (unpaired) electrons. The molecule has 3 aromatic rings. The molecule has 0 heterocycles. The van der Waals surface area contributed by atoms with Crippen LogP contribution in [-0.2, 0) is 10.0 Å². The van der Waals surface area contributed by atoms with Gasteiger partial charge in [-0.25, -0.2) is 8.42 Å². The van der Waals surface area contributed by atoms with E-state index in [1.54, 1.807) is 24.3 Å². The lowest BCUT2D eigenvalue weighted by Crippen LogP contribution is -2.30. The Balaban J connectivity index is 2.74. The van der Waals surface area contributed by atoms with Crippen molar-refractivity contribution in [2.24, 2.45) is 0 Å². The second-order valence-electron chi connectivity index (χ2n) is 6.75. The minimum atomic E-state index is -3.98. The second kappa shape index (κ2) is 8.86. The lowest BCUT2D eigenvalue weighted by molar-refractivity contribution is 0.266. The Bertz CT molecular complexity index is 1630. The van der Waals surface area contributed by atoms with Gasteiger partial charge in [0.15, 0.2) is 0 Å². The van der Waals surface area contributed by atoms with E-state index in [9.17, 15) is 29.5 Å². The Kier molecular flexibility index (Phi) is 6.21. The van der Waals surface area contributed by atoms with Crippen LogP contribution >= 0.6 is 0 Å². The molecular weight excluding hydrogens is 426 g/mol. The number of benzene rings is 3. The molecule has 3 rings (SSSR count). The average molecular weight is 441 g/mol. The summed E-state index contributed by atoms with van der Waals surface area (Å²) in [7, 11) is -2.66. The number of hydrogen-bond donors (Lipinski definition) is 1. The minimum Gasteiger partial charge on any atom is -0.395 e. The standard InChI is InChI=1S/C23H15N5O3S/c1-28(8-9-29)32(30,31)17-6-7-20-21(10-17)23(16(13-26)14-27)19-5-3-2-4-18(19)22(20)15(11-24)12-25/h2-7,10,29H,8-9H2,1H3. The topological polar surface area (TPSA) is 153 Å². The predicted molar refractivity (Wildman–Crippen MR) is 117 cm³/mol. The zero-order valence-corrected chi connectivity index (χ0v) is 17.7. The lowest BCUT2D eigenvalue weighted by Gasteiger charge is -2.17. The Hall–Kier alpha value is -4.25. The number of fused-ring (bicyclic) bond motifs is 2. The molecular formula is C23H15N5O3S. The number of sulfonamides is 1. The van der Waals surface area contributed by atoms with E-state index in [-0.39, 0.29) is 39.8 Å². The number of hydrogen-bond acceptors (Lipinski definition) is 7. The largest absolute Gasteiger partial charge is 0.395 e. The quantitative estimate of drug-likeness (QED) is 0.593. The van der Waals surface area contributed by atoms with Crippen LogP contribution in [0.4, 0.5) is 0 Å². The predicted octanol–water partition coefficient (Wildman–Crippen LogP) is 1.00. The molecule has 0 aliphatic heterocycles. The first-order valence-corrected chi connectivity index (χ1v) is 10.7. The Labute approximate surface area is 184 Å². The van der Waals surface area contributed by atoms with Crippen molar-refractivity contribution >= 4 is 42.7 Å². The van der Waals surface area contributed by atoms with Crippen LogP contribution in [-0.4, -0.2) is 38.0 Å². The van der Waals surface area contributed by atoms with Gasteiger partial charge in [0, 0.05) is 24.0 Å². The molecule has 0 aromatic heterocycles. The molecule has 8 nitrogen and oxygen atoms in total. The number of aliphatic hydroxyl groups is 1. The maximum Gasteiger partial charge on any atom is 0.242 e. The van der Waals surface area contributed by atoms with Crippen molar-refractivity contribution in [3.8, 4) is 24.3 Å². The van der Waals surface area contributed by atoms with Crippen molar-refractivity contribution in [1.29, 1.82) is 21.0 Å². The summed E-state index contributed by atoms with van der Waals surface area (Å²) in [6.45, 7) is -0.489. The molecule has 3 aromatic carbocycles. The van der Waals surface area contributed by atoms with Crippen molar-refractivity contribution in [3.63, 3.8) is 0 Å². The van der Waals surface area contributed by atoms with E-state index in [4.69, 9.17) is 5.11 Å². The third-order valence-corrected chi connectivity index (χ3v) is 6.92. The fourth-order valence-electron chi connectivity index (χ4n) is 3.57. The summed E-state index contributed by atoms with van der Waals surface area (Å²) in [4.78, 5) is -0.117. The third-order valence-electron chi connectivity index (χ3n) is 5.07. The van der Waals surface area contributed by atoms with Crippen LogP contribution in [0.3, 0.4) is 0 Å². The highest BCUT2D eigenvalue weighted by atomic mass is 32.2. The monoisotopic (exact) mass is 441 g/mol. The van der Waals surface area contributed by atoms with Gasteiger partial charge in [-0.05, 0) is 33.7 Å². The van der Waals surface area contributed by atoms with E-state index < -0.39 is 10.0 Å². The highest BCUT2D eigenvalue weighted by Gasteiger charge is 2.22. The molecule has 0 bridgehead atoms. The first-order valence-electron chi connectivity index (χ1n) is 9.26. The van der Waals surface area contributed by atoms with Crippen LogP contribution in [0.5, 0.6) is 0 Å². The van der Waals surface area contributed by atoms with Gasteiger partial charge in [0.1, 0.15) is 35.4 Å². The Morgan fingerprint density at radius 3 is 1.78 bits per heavy atom. The van der Waals surface area contributed by atoms with E-state index in [2.05, 4.69) is 0 Å². The van der Waals surface area contributed by atoms with Gasteiger partial charge in [-0.2, -0.15) is 25.4 Å². The highest BCUT2D eigenvalue weighted by Crippen LogP contribution is 2.22. The van der Waals surface area contributed by atoms with Crippen LogP contribution < -0.4 is 10.4 Å². The first-order chi connectivity index (χ1) is 15.3. The van der Waals surface area contributed by atoms with Gasteiger partial charge < -0.3 is 5.11 Å². The molecule has 0 saturated heterocycles. The van der Waals surface area contributed by atoms with Crippen LogP contribution in [0.25, 0.3) is 32.7 Å². The summed E-state index contributed by atoms with van der Waals surface area (Å²) in [5, 5.41) is 49.4. The zero-order valence-electron chi connectivity index (χ0n) is 16.9. The van der Waals surface area contributed by atoms with E-state index in [1.165, 1.54) is 25.2 Å². The molecule has 0 amide bonds. The molecule has 0 fully saturated rings. The van der Waals surface area contributed by atoms with E-state index in [0.29, 0.717) is 21.4 Å². The molecule has 0 spiro atoms. The smallest absolute Gasteiger partial charge is 0.242 e. The highest BCUT2D eigenvalue weighted by molar-refractivity contribution is 7.89. The summed E-state index contributed by atoms with van der Waals surface area (Å²) < 4.78 is 26.9. The van der Waals surface area contributed by atoms with E-state index >= 15 is 0 Å². The van der Waals surface area contributed by atoms with Crippen LogP contribution in [0.1, 0.15) is 0 Å². The van der Waals surface area contributed by atoms with Gasteiger partial charge in [-0.3, -0.25) is 0 Å². The molecule has 0 aliphatic carbocycles. The fourth-order valence-corrected chi connectivity index (χ4v) is 4.76. The van der Waals surface area contributed by atoms with Gasteiger partial charge in [-0.1, -0.05) is 30.3 Å². The van der Waals surface area contributed by atoms with Crippen LogP contribution in [0.15, 0.2) is 47.4 Å². The summed E-state index contributed by atoms with van der Waals surface area (Å²) in [5.41, 5.74) is -0.410. The zero-order chi connectivity index (χ0) is 23.5. The average Bonchev–Trinajstić information content (AvgIpc) is 2.81. The molecule has 9 heteroatoms. The third kappa shape index (κ3) is 3.54. The lowest BCUT2D eigenvalue weighted by atomic mass is 9.94. The molecule has 0 atom stereocenters. The van der Waals surface area contributed by atoms with Crippen molar-refractivity contribution in [3.05, 3.63) is 52.9 Å². The molecule has 156 valence electrons. The number of aliphatic hydroxyl groups excluding tert-OH is 1. The first kappa shape index (κ1) is 22.4. The van der Waals surface area contributed by atoms with Gasteiger partial charge in [0.05, 0.1) is 11.5 Å². The maximum absolute atomic E-state index is 12.9. The number of rotatable bonds is 4. The molecule has 32 heavy (non-hydrogen) atoms. The van der Waals surface area contributed by atoms with E-state index in [0.717, 1.165) is 4.31 Å². The van der Waals surface area contributed by atoms with Gasteiger partial charge in [0.25, 0.3) is 0 Å². The fraction of sp³-hybridized carbons (Fsp3) is 0.130. The number of nitrogens with zero attached hydrogens (tertiary/aromatic N) is 5. The van der Waals surface area contributed by atoms with Crippen LogP contribution in [0.2, 0.25) is 0 Å². The van der Waals surface area contributed by atoms with Gasteiger partial charge in [-0.15, -0.1) is 0 Å². The molecule has 0 aliphatic rings.